The van der Waals surface area contributed by atoms with Crippen LogP contribution in [-0.2, 0) is 6.18 Å². The number of nitrogens with zero attached hydrogens (tertiary/aromatic N) is 1. The van der Waals surface area contributed by atoms with Gasteiger partial charge in [0.05, 0.1) is 11.1 Å². The maximum Gasteiger partial charge on any atom is 0.418 e. The van der Waals surface area contributed by atoms with Crippen LogP contribution in [0.4, 0.5) is 17.6 Å². The van der Waals surface area contributed by atoms with Crippen molar-refractivity contribution in [2.75, 3.05) is 0 Å². The molecule has 2 aromatic rings. The van der Waals surface area contributed by atoms with E-state index in [1.165, 1.54) is 12.1 Å². The molecule has 0 bridgehead atoms. The molecule has 0 fully saturated rings. The number of H-pyrrole nitrogens is 1. The van der Waals surface area contributed by atoms with Crippen LogP contribution in [-0.4, -0.2) is 9.97 Å². The van der Waals surface area contributed by atoms with Gasteiger partial charge in [-0.2, -0.15) is 17.6 Å². The van der Waals surface area contributed by atoms with Gasteiger partial charge in [0.15, 0.2) is 0 Å². The fourth-order valence-electron chi connectivity index (χ4n) is 1.23. The summed E-state index contributed by atoms with van der Waals surface area (Å²) in [5.74, 6) is 0. The van der Waals surface area contributed by atoms with Crippen LogP contribution in [0.5, 0.6) is 0 Å². The molecule has 0 radical (unpaired) electrons. The van der Waals surface area contributed by atoms with E-state index in [-0.39, 0.29) is 5.52 Å². The molecule has 1 aromatic heterocycles. The van der Waals surface area contributed by atoms with Gasteiger partial charge in [-0.15, -0.1) is 0 Å². The molecule has 2 rings (SSSR count). The van der Waals surface area contributed by atoms with Gasteiger partial charge in [-0.1, -0.05) is 6.07 Å². The minimum Gasteiger partial charge on any atom is -0.314 e. The standard InChI is InChI=1S/C8H4F4N2/c9-7-13-5-3-1-2-4(6(5)14-7)8(10,11)12/h1-3H,(H,13,14). The van der Waals surface area contributed by atoms with Gasteiger partial charge in [-0.3, -0.25) is 0 Å². The van der Waals surface area contributed by atoms with Gasteiger partial charge in [0.2, 0.25) is 0 Å². The highest BCUT2D eigenvalue weighted by Crippen LogP contribution is 2.33. The van der Waals surface area contributed by atoms with Gasteiger partial charge in [0.1, 0.15) is 5.52 Å². The average Bonchev–Trinajstić information content (AvgIpc) is 2.41. The van der Waals surface area contributed by atoms with Crippen LogP contribution < -0.4 is 0 Å². The number of alkyl halides is 3. The first-order valence-electron chi connectivity index (χ1n) is 3.70. The van der Waals surface area contributed by atoms with E-state index in [0.717, 1.165) is 6.07 Å². The van der Waals surface area contributed by atoms with Crippen LogP contribution in [0.1, 0.15) is 5.56 Å². The summed E-state index contributed by atoms with van der Waals surface area (Å²) in [6, 6.07) is 3.39. The first-order chi connectivity index (χ1) is 6.48. The number of imidazole rings is 1. The van der Waals surface area contributed by atoms with E-state index in [1.807, 2.05) is 0 Å². The molecule has 1 heterocycles. The van der Waals surface area contributed by atoms with Crippen LogP contribution in [0.25, 0.3) is 11.0 Å². The highest BCUT2D eigenvalue weighted by atomic mass is 19.4. The van der Waals surface area contributed by atoms with Crippen molar-refractivity contribution >= 4 is 11.0 Å². The Hall–Kier alpha value is -1.59. The van der Waals surface area contributed by atoms with Gasteiger partial charge in [-0.25, -0.2) is 4.98 Å². The average molecular weight is 204 g/mol. The Morgan fingerprint density at radius 2 is 1.93 bits per heavy atom. The first-order valence-corrected chi connectivity index (χ1v) is 3.70. The van der Waals surface area contributed by atoms with Crippen LogP contribution in [0, 0.1) is 6.08 Å². The fourth-order valence-corrected chi connectivity index (χ4v) is 1.23. The molecule has 74 valence electrons. The number of nitrogens with one attached hydrogen (secondary N) is 1. The van der Waals surface area contributed by atoms with Crippen molar-refractivity contribution in [1.82, 2.24) is 9.97 Å². The Kier molecular flexibility index (Phi) is 1.73. The molecular formula is C8H4F4N2. The summed E-state index contributed by atoms with van der Waals surface area (Å²) in [6.07, 6.45) is -5.53. The minimum atomic E-state index is -4.51. The summed E-state index contributed by atoms with van der Waals surface area (Å²) in [7, 11) is 0. The van der Waals surface area contributed by atoms with Gasteiger partial charge in [0.25, 0.3) is 6.08 Å². The van der Waals surface area contributed by atoms with Gasteiger partial charge in [0, 0.05) is 0 Å². The molecule has 1 N–H and O–H groups in total. The Labute approximate surface area is 75.6 Å². The van der Waals surface area contributed by atoms with E-state index in [4.69, 9.17) is 0 Å². The Balaban J connectivity index is 2.77. The number of hydrogen-bond acceptors (Lipinski definition) is 1. The van der Waals surface area contributed by atoms with E-state index < -0.39 is 23.3 Å². The number of fused-ring (bicyclic) bond motifs is 1. The fraction of sp³-hybridized carbons (Fsp3) is 0.125. The van der Waals surface area contributed by atoms with Crippen LogP contribution >= 0.6 is 0 Å². The Morgan fingerprint density at radius 1 is 1.21 bits per heavy atom. The van der Waals surface area contributed by atoms with Crippen molar-refractivity contribution in [1.29, 1.82) is 0 Å². The third-order valence-electron chi connectivity index (χ3n) is 1.79. The second-order valence-electron chi connectivity index (χ2n) is 2.73. The lowest BCUT2D eigenvalue weighted by Crippen LogP contribution is -2.05. The van der Waals surface area contributed by atoms with Crippen molar-refractivity contribution in [3.05, 3.63) is 29.8 Å². The summed E-state index contributed by atoms with van der Waals surface area (Å²) in [6.45, 7) is 0. The van der Waals surface area contributed by atoms with E-state index in [2.05, 4.69) is 9.97 Å². The second kappa shape index (κ2) is 2.70. The molecule has 0 saturated heterocycles. The molecule has 0 saturated carbocycles. The van der Waals surface area contributed by atoms with Gasteiger partial charge >= 0.3 is 6.18 Å². The summed E-state index contributed by atoms with van der Waals surface area (Å²) >= 11 is 0. The topological polar surface area (TPSA) is 28.7 Å². The number of halogens is 4. The highest BCUT2D eigenvalue weighted by Gasteiger charge is 2.33. The summed E-state index contributed by atoms with van der Waals surface area (Å²) in [4.78, 5) is 5.23. The van der Waals surface area contributed by atoms with E-state index >= 15 is 0 Å². The summed E-state index contributed by atoms with van der Waals surface area (Å²) in [5, 5.41) is 0. The number of aromatic amines is 1. The largest absolute Gasteiger partial charge is 0.418 e. The zero-order valence-corrected chi connectivity index (χ0v) is 6.69. The number of benzene rings is 1. The molecule has 0 spiro atoms. The van der Waals surface area contributed by atoms with Crippen LogP contribution in [0.15, 0.2) is 18.2 Å². The third-order valence-corrected chi connectivity index (χ3v) is 1.79. The lowest BCUT2D eigenvalue weighted by Gasteiger charge is -2.05. The van der Waals surface area contributed by atoms with Gasteiger partial charge in [-0.05, 0) is 12.1 Å². The molecule has 1 aromatic carbocycles. The number of aromatic nitrogens is 2. The zero-order chi connectivity index (χ0) is 10.3. The zero-order valence-electron chi connectivity index (χ0n) is 6.69. The molecule has 14 heavy (non-hydrogen) atoms. The normalized spacial score (nSPS) is 12.3. The van der Waals surface area contributed by atoms with E-state index in [9.17, 15) is 17.6 Å². The van der Waals surface area contributed by atoms with Crippen molar-refractivity contribution in [2.45, 2.75) is 6.18 Å². The number of para-hydroxylation sites is 1. The molecule has 0 aliphatic heterocycles. The maximum absolute atomic E-state index is 12.6. The number of rotatable bonds is 0. The predicted molar refractivity (Wildman–Crippen MR) is 41.1 cm³/mol. The van der Waals surface area contributed by atoms with Crippen molar-refractivity contribution in [2.24, 2.45) is 0 Å². The SMILES string of the molecule is Fc1nc2c(C(F)(F)F)cccc2[nH]1. The predicted octanol–water partition coefficient (Wildman–Crippen LogP) is 2.72. The van der Waals surface area contributed by atoms with E-state index in [1.54, 1.807) is 0 Å². The van der Waals surface area contributed by atoms with Gasteiger partial charge < -0.3 is 4.98 Å². The quantitative estimate of drug-likeness (QED) is 0.656. The highest BCUT2D eigenvalue weighted by molar-refractivity contribution is 5.78. The molecule has 6 heteroatoms. The molecule has 0 unspecified atom stereocenters. The van der Waals surface area contributed by atoms with Crippen molar-refractivity contribution < 1.29 is 17.6 Å². The Morgan fingerprint density at radius 3 is 2.57 bits per heavy atom. The second-order valence-corrected chi connectivity index (χ2v) is 2.73. The minimum absolute atomic E-state index is 0.0392. The van der Waals surface area contributed by atoms with Crippen LogP contribution in [0.2, 0.25) is 0 Å². The Bertz CT molecular complexity index is 472. The number of hydrogen-bond donors (Lipinski definition) is 1. The summed E-state index contributed by atoms with van der Waals surface area (Å²) in [5.41, 5.74) is -1.29. The van der Waals surface area contributed by atoms with Crippen LogP contribution in [0.3, 0.4) is 0 Å². The lowest BCUT2D eigenvalue weighted by molar-refractivity contribution is -0.136. The van der Waals surface area contributed by atoms with Crippen molar-refractivity contribution in [3.8, 4) is 0 Å². The lowest BCUT2D eigenvalue weighted by atomic mass is 10.2. The molecular weight excluding hydrogens is 200 g/mol. The summed E-state index contributed by atoms with van der Waals surface area (Å²) < 4.78 is 49.6. The first kappa shape index (κ1) is 8.98. The van der Waals surface area contributed by atoms with Crippen molar-refractivity contribution in [3.63, 3.8) is 0 Å². The smallest absolute Gasteiger partial charge is 0.314 e. The third kappa shape index (κ3) is 1.32. The monoisotopic (exact) mass is 204 g/mol. The molecule has 0 amide bonds. The van der Waals surface area contributed by atoms with E-state index in [0.29, 0.717) is 0 Å². The maximum atomic E-state index is 12.6. The molecule has 2 nitrogen and oxygen atoms in total. The molecule has 0 aliphatic rings. The molecule has 0 aliphatic carbocycles. The molecule has 0 atom stereocenters.